The topological polar surface area (TPSA) is 108 Å². The molecular weight excluding hydrogens is 446 g/mol. The number of nitrogens with zero attached hydrogens (tertiary/aromatic N) is 8. The van der Waals surface area contributed by atoms with Crippen molar-refractivity contribution in [3.8, 4) is 11.5 Å². The van der Waals surface area contributed by atoms with Crippen LogP contribution in [0, 0.1) is 6.92 Å². The van der Waals surface area contributed by atoms with Gasteiger partial charge in [0.05, 0.1) is 37.6 Å². The zero-order chi connectivity index (χ0) is 23.9. The summed E-state index contributed by atoms with van der Waals surface area (Å²) in [5.74, 6) is 3.23. The normalized spacial score (nSPS) is 18.9. The van der Waals surface area contributed by atoms with E-state index >= 15 is 0 Å². The van der Waals surface area contributed by atoms with Gasteiger partial charge in [0.1, 0.15) is 22.9 Å². The van der Waals surface area contributed by atoms with Crippen molar-refractivity contribution < 1.29 is 9.47 Å². The second-order valence-corrected chi connectivity index (χ2v) is 9.53. The van der Waals surface area contributed by atoms with Crippen molar-refractivity contribution in [3.05, 3.63) is 24.3 Å². The molecule has 4 aromatic rings. The predicted molar refractivity (Wildman–Crippen MR) is 133 cm³/mol. The van der Waals surface area contributed by atoms with E-state index in [1.807, 2.05) is 23.7 Å². The highest BCUT2D eigenvalue weighted by Crippen LogP contribution is 2.30. The fourth-order valence-corrected chi connectivity index (χ4v) is 4.84. The lowest BCUT2D eigenvalue weighted by atomic mass is 10.2. The van der Waals surface area contributed by atoms with Gasteiger partial charge in [0.2, 0.25) is 5.65 Å². The largest absolute Gasteiger partial charge is 0.378 e. The maximum absolute atomic E-state index is 6.02. The molecule has 4 aromatic heterocycles. The zero-order valence-electron chi connectivity index (χ0n) is 20.4. The second kappa shape index (κ2) is 9.04. The molecule has 0 aliphatic carbocycles. The first-order valence-corrected chi connectivity index (χ1v) is 12.4. The van der Waals surface area contributed by atoms with Gasteiger partial charge in [0, 0.05) is 38.0 Å². The monoisotopic (exact) mass is 477 g/mol. The molecule has 35 heavy (non-hydrogen) atoms. The molecule has 0 spiro atoms. The number of imidazole rings is 1. The summed E-state index contributed by atoms with van der Waals surface area (Å²) in [5, 5.41) is 12.0. The average molecular weight is 478 g/mol. The van der Waals surface area contributed by atoms with Crippen molar-refractivity contribution in [2.45, 2.75) is 52.3 Å². The van der Waals surface area contributed by atoms with Crippen molar-refractivity contribution in [3.63, 3.8) is 0 Å². The fourth-order valence-electron chi connectivity index (χ4n) is 4.84. The van der Waals surface area contributed by atoms with Crippen molar-refractivity contribution in [1.82, 2.24) is 34.1 Å². The predicted octanol–water partition coefficient (Wildman–Crippen LogP) is 2.68. The Balaban J connectivity index is 1.51. The molecule has 2 fully saturated rings. The Morgan fingerprint density at radius 1 is 1.14 bits per heavy atom. The third kappa shape index (κ3) is 4.19. The van der Waals surface area contributed by atoms with Gasteiger partial charge in [-0.15, -0.1) is 10.2 Å². The molecular formula is C24H31N9O2. The molecule has 11 nitrogen and oxygen atoms in total. The smallest absolute Gasteiger partial charge is 0.203 e. The van der Waals surface area contributed by atoms with Gasteiger partial charge in [0.25, 0.3) is 0 Å². The van der Waals surface area contributed by atoms with Gasteiger partial charge < -0.3 is 24.3 Å². The molecule has 0 radical (unpaired) electrons. The summed E-state index contributed by atoms with van der Waals surface area (Å²) in [7, 11) is 0. The number of morpholine rings is 1. The summed E-state index contributed by atoms with van der Waals surface area (Å²) in [6, 6.07) is 2.34. The molecule has 2 aliphatic heterocycles. The second-order valence-electron chi connectivity index (χ2n) is 9.53. The molecule has 1 atom stereocenters. The Hall–Kier alpha value is -3.31. The first-order chi connectivity index (χ1) is 17.1. The summed E-state index contributed by atoms with van der Waals surface area (Å²) < 4.78 is 15.8. The van der Waals surface area contributed by atoms with Crippen LogP contribution >= 0.6 is 0 Å². The minimum atomic E-state index is 0.153. The Morgan fingerprint density at radius 2 is 2.00 bits per heavy atom. The maximum atomic E-state index is 6.02. The van der Waals surface area contributed by atoms with E-state index in [2.05, 4.69) is 44.9 Å². The molecule has 2 saturated heterocycles. The van der Waals surface area contributed by atoms with Crippen LogP contribution in [0.25, 0.3) is 28.2 Å². The number of anilines is 2. The van der Waals surface area contributed by atoms with Gasteiger partial charge in [-0.05, 0) is 33.6 Å². The highest BCUT2D eigenvalue weighted by molar-refractivity contribution is 5.82. The minimum absolute atomic E-state index is 0.153. The molecule has 0 amide bonds. The lowest BCUT2D eigenvalue weighted by Crippen LogP contribution is -2.36. The summed E-state index contributed by atoms with van der Waals surface area (Å²) >= 11 is 0. The van der Waals surface area contributed by atoms with E-state index in [1.165, 1.54) is 0 Å². The highest BCUT2D eigenvalue weighted by Gasteiger charge is 2.24. The summed E-state index contributed by atoms with van der Waals surface area (Å²) in [4.78, 5) is 17.0. The number of hydrogen-bond donors (Lipinski definition) is 1. The van der Waals surface area contributed by atoms with Crippen molar-refractivity contribution in [1.29, 1.82) is 0 Å². The number of aromatic nitrogens is 7. The van der Waals surface area contributed by atoms with Gasteiger partial charge in [-0.25, -0.2) is 15.0 Å². The zero-order valence-corrected chi connectivity index (χ0v) is 20.4. The van der Waals surface area contributed by atoms with Crippen LogP contribution in [0.4, 0.5) is 11.6 Å². The molecule has 1 N–H and O–H groups in total. The number of hydrogen-bond acceptors (Lipinski definition) is 9. The van der Waals surface area contributed by atoms with Crippen LogP contribution in [0.15, 0.2) is 18.5 Å². The molecule has 11 heteroatoms. The fraction of sp³-hybridized carbons (Fsp3) is 0.542. The Labute approximate surface area is 203 Å². The van der Waals surface area contributed by atoms with Crippen molar-refractivity contribution in [2.24, 2.45) is 0 Å². The van der Waals surface area contributed by atoms with Crippen molar-refractivity contribution >= 4 is 28.3 Å². The van der Waals surface area contributed by atoms with Crippen molar-refractivity contribution in [2.75, 3.05) is 43.1 Å². The van der Waals surface area contributed by atoms with Crippen LogP contribution in [-0.4, -0.2) is 79.2 Å². The van der Waals surface area contributed by atoms with E-state index in [1.54, 1.807) is 0 Å². The molecule has 0 aromatic carbocycles. The molecule has 6 heterocycles. The number of aryl methyl sites for hydroxylation is 1. The average Bonchev–Trinajstić information content (AvgIpc) is 3.59. The molecule has 6 rings (SSSR count). The molecule has 0 unspecified atom stereocenters. The van der Waals surface area contributed by atoms with Gasteiger partial charge in [-0.1, -0.05) is 0 Å². The van der Waals surface area contributed by atoms with Crippen LogP contribution in [-0.2, 0) is 16.0 Å². The molecule has 2 aliphatic rings. The number of rotatable bonds is 6. The third-order valence-corrected chi connectivity index (χ3v) is 6.58. The summed E-state index contributed by atoms with van der Waals surface area (Å²) in [6.07, 6.45) is 6.11. The standard InChI is InChI=1S/C24H31N9O2/c1-15(2)26-22-24-30-29-16(3)32(24)14-19(27-22)23-28-18-12-25-21(31-6-9-34-10-7-31)11-20(18)33(23)13-17-5-4-8-35-17/h11-12,14-15,17H,4-10,13H2,1-3H3,(H,26,27)/t17-/m0/s1. The first-order valence-electron chi connectivity index (χ1n) is 12.4. The Morgan fingerprint density at radius 3 is 2.77 bits per heavy atom. The molecule has 0 bridgehead atoms. The number of nitrogens with one attached hydrogen (secondary N) is 1. The van der Waals surface area contributed by atoms with Crippen LogP contribution in [0.2, 0.25) is 0 Å². The summed E-state index contributed by atoms with van der Waals surface area (Å²) in [6.45, 7) is 10.7. The van der Waals surface area contributed by atoms with Gasteiger partial charge in [0.15, 0.2) is 11.6 Å². The number of pyridine rings is 1. The first kappa shape index (κ1) is 22.2. The minimum Gasteiger partial charge on any atom is -0.378 e. The van der Waals surface area contributed by atoms with Crippen LogP contribution in [0.3, 0.4) is 0 Å². The molecule has 0 saturated carbocycles. The van der Waals surface area contributed by atoms with Gasteiger partial charge in [-0.2, -0.15) is 0 Å². The van der Waals surface area contributed by atoms with E-state index in [-0.39, 0.29) is 12.1 Å². The van der Waals surface area contributed by atoms with E-state index in [0.29, 0.717) is 31.2 Å². The lowest BCUT2D eigenvalue weighted by molar-refractivity contribution is 0.0982. The van der Waals surface area contributed by atoms with Gasteiger partial charge in [-0.3, -0.25) is 4.40 Å². The third-order valence-electron chi connectivity index (χ3n) is 6.58. The van der Waals surface area contributed by atoms with E-state index in [9.17, 15) is 0 Å². The highest BCUT2D eigenvalue weighted by atomic mass is 16.5. The number of ether oxygens (including phenoxy) is 2. The van der Waals surface area contributed by atoms with E-state index < -0.39 is 0 Å². The summed E-state index contributed by atoms with van der Waals surface area (Å²) in [5.41, 5.74) is 3.34. The van der Waals surface area contributed by atoms with Crippen LogP contribution in [0.1, 0.15) is 32.5 Å². The number of fused-ring (bicyclic) bond motifs is 2. The lowest BCUT2D eigenvalue weighted by Gasteiger charge is -2.27. The SMILES string of the molecule is Cc1nnc2c(NC(C)C)nc(-c3nc4cnc(N5CCOCC5)cc4n3C[C@@H]3CCCO3)cn12. The van der Waals surface area contributed by atoms with E-state index in [4.69, 9.17) is 24.4 Å². The Bertz CT molecular complexity index is 1350. The van der Waals surface area contributed by atoms with Gasteiger partial charge >= 0.3 is 0 Å². The Kier molecular flexibility index (Phi) is 5.73. The maximum Gasteiger partial charge on any atom is 0.203 e. The van der Waals surface area contributed by atoms with E-state index in [0.717, 1.165) is 66.7 Å². The van der Waals surface area contributed by atoms with Crippen LogP contribution in [0.5, 0.6) is 0 Å². The quantitative estimate of drug-likeness (QED) is 0.448. The molecule has 184 valence electrons. The van der Waals surface area contributed by atoms with Crippen LogP contribution < -0.4 is 10.2 Å².